The van der Waals surface area contributed by atoms with Crippen LogP contribution >= 0.6 is 11.6 Å². The Balaban J connectivity index is 1.52. The van der Waals surface area contributed by atoms with Gasteiger partial charge in [-0.2, -0.15) is 0 Å². The Morgan fingerprint density at radius 2 is 1.69 bits per heavy atom. The lowest BCUT2D eigenvalue weighted by molar-refractivity contribution is -0.124. The molecule has 0 bridgehead atoms. The number of allylic oxidation sites excluding steroid dienone is 1. The van der Waals surface area contributed by atoms with E-state index in [1.807, 2.05) is 35.2 Å². The summed E-state index contributed by atoms with van der Waals surface area (Å²) in [5.41, 5.74) is 8.07. The molecule has 0 spiro atoms. The highest BCUT2D eigenvalue weighted by Gasteiger charge is 2.47. The topological polar surface area (TPSA) is 3.24 Å². The summed E-state index contributed by atoms with van der Waals surface area (Å²) in [6, 6.07) is 21.3. The minimum Gasteiger partial charge on any atom is -0.302 e. The Morgan fingerprint density at radius 3 is 2.42 bits per heavy atom. The van der Waals surface area contributed by atoms with Gasteiger partial charge in [0.15, 0.2) is 0 Å². The van der Waals surface area contributed by atoms with Gasteiger partial charge in [0.25, 0.3) is 5.92 Å². The zero-order chi connectivity index (χ0) is 25.3. The van der Waals surface area contributed by atoms with Crippen LogP contribution in [0.4, 0.5) is 13.2 Å². The number of halogens is 4. The lowest BCUT2D eigenvalue weighted by atomic mass is 9.84. The number of rotatable bonds is 7. The van der Waals surface area contributed by atoms with Gasteiger partial charge in [0.2, 0.25) is 0 Å². The molecule has 36 heavy (non-hydrogen) atoms. The van der Waals surface area contributed by atoms with Crippen molar-refractivity contribution in [2.45, 2.75) is 38.5 Å². The van der Waals surface area contributed by atoms with Crippen molar-refractivity contribution < 1.29 is 13.2 Å². The number of alkyl halides is 3. The summed E-state index contributed by atoms with van der Waals surface area (Å²) in [4.78, 5) is 1.90. The first-order valence-corrected chi connectivity index (χ1v) is 13.1. The molecule has 0 atom stereocenters. The van der Waals surface area contributed by atoms with E-state index in [2.05, 4.69) is 31.2 Å². The van der Waals surface area contributed by atoms with Crippen LogP contribution in [-0.4, -0.2) is 31.2 Å². The monoisotopic (exact) mass is 509 g/mol. The van der Waals surface area contributed by atoms with E-state index in [4.69, 9.17) is 11.6 Å². The van der Waals surface area contributed by atoms with E-state index in [1.165, 1.54) is 16.7 Å². The minimum absolute atomic E-state index is 0.0492. The molecule has 0 aromatic heterocycles. The van der Waals surface area contributed by atoms with Gasteiger partial charge in [-0.15, -0.1) is 0 Å². The molecule has 1 saturated heterocycles. The van der Waals surface area contributed by atoms with E-state index < -0.39 is 18.5 Å². The Hall–Kier alpha value is -2.56. The number of hydrogen-bond donors (Lipinski definition) is 0. The lowest BCUT2D eigenvalue weighted by Gasteiger charge is -2.43. The van der Waals surface area contributed by atoms with E-state index in [-0.39, 0.29) is 5.56 Å². The molecule has 3 aromatic carbocycles. The summed E-state index contributed by atoms with van der Waals surface area (Å²) >= 11 is 6.25. The summed E-state index contributed by atoms with van der Waals surface area (Å²) in [6.45, 7) is 2.83. The molecule has 5 heteroatoms. The third kappa shape index (κ3) is 4.86. The van der Waals surface area contributed by atoms with Crippen LogP contribution in [0, 0.1) is 12.8 Å². The molecular formula is C31H31ClF3N. The fraction of sp³-hybridized carbons (Fsp3) is 0.355. The molecule has 1 nitrogen and oxygen atoms in total. The summed E-state index contributed by atoms with van der Waals surface area (Å²) in [5, 5.41) is 0.707. The van der Waals surface area contributed by atoms with Gasteiger partial charge in [-0.05, 0) is 83.7 Å². The molecule has 1 aliphatic heterocycles. The highest BCUT2D eigenvalue weighted by atomic mass is 35.5. The predicted molar refractivity (Wildman–Crippen MR) is 142 cm³/mol. The fourth-order valence-electron chi connectivity index (χ4n) is 5.65. The number of fused-ring (bicyclic) bond motifs is 1. The number of hydrogen-bond acceptors (Lipinski definition) is 1. The van der Waals surface area contributed by atoms with E-state index >= 15 is 8.78 Å². The van der Waals surface area contributed by atoms with Crippen LogP contribution in [0.3, 0.4) is 0 Å². The third-order valence-electron chi connectivity index (χ3n) is 7.61. The molecule has 0 unspecified atom stereocenters. The molecule has 0 amide bonds. The maximum atomic E-state index is 15.3. The van der Waals surface area contributed by atoms with Crippen molar-refractivity contribution >= 4 is 22.7 Å². The van der Waals surface area contributed by atoms with Gasteiger partial charge in [0.05, 0.1) is 12.6 Å². The molecule has 0 radical (unpaired) electrons. The Bertz CT molecular complexity index is 1260. The van der Waals surface area contributed by atoms with Crippen molar-refractivity contribution in [2.24, 2.45) is 5.92 Å². The molecule has 5 rings (SSSR count). The van der Waals surface area contributed by atoms with Gasteiger partial charge >= 0.3 is 0 Å². The van der Waals surface area contributed by atoms with Crippen LogP contribution < -0.4 is 0 Å². The molecule has 188 valence electrons. The minimum atomic E-state index is -2.91. The van der Waals surface area contributed by atoms with Crippen molar-refractivity contribution in [2.75, 3.05) is 26.3 Å². The smallest absolute Gasteiger partial charge is 0.278 e. The summed E-state index contributed by atoms with van der Waals surface area (Å²) in [6.07, 6.45) is 3.31. The first-order valence-electron chi connectivity index (χ1n) is 12.7. The van der Waals surface area contributed by atoms with Gasteiger partial charge in [-0.1, -0.05) is 66.2 Å². The van der Waals surface area contributed by atoms with Crippen molar-refractivity contribution in [1.29, 1.82) is 0 Å². The average Bonchev–Trinajstić information content (AvgIpc) is 3.03. The Kier molecular flexibility index (Phi) is 7.28. The lowest BCUT2D eigenvalue weighted by Crippen LogP contribution is -2.53. The summed E-state index contributed by atoms with van der Waals surface area (Å²) < 4.78 is 43.0. The van der Waals surface area contributed by atoms with Gasteiger partial charge in [0.1, 0.15) is 0 Å². The van der Waals surface area contributed by atoms with Gasteiger partial charge in [0, 0.05) is 30.2 Å². The third-order valence-corrected chi connectivity index (χ3v) is 7.85. The molecule has 1 heterocycles. The van der Waals surface area contributed by atoms with Gasteiger partial charge < -0.3 is 4.90 Å². The number of nitrogens with zero attached hydrogens (tertiary/aromatic N) is 1. The molecular weight excluding hydrogens is 479 g/mol. The maximum absolute atomic E-state index is 15.3. The quantitative estimate of drug-likeness (QED) is 0.309. The highest BCUT2D eigenvalue weighted by molar-refractivity contribution is 6.30. The molecule has 1 fully saturated rings. The van der Waals surface area contributed by atoms with Crippen LogP contribution in [-0.2, 0) is 12.3 Å². The van der Waals surface area contributed by atoms with Crippen LogP contribution in [0.1, 0.15) is 52.6 Å². The summed E-state index contributed by atoms with van der Waals surface area (Å²) in [5.74, 6) is -3.64. The van der Waals surface area contributed by atoms with Crippen LogP contribution in [0.5, 0.6) is 0 Å². The second-order valence-electron chi connectivity index (χ2n) is 10.0. The van der Waals surface area contributed by atoms with Crippen LogP contribution in [0.15, 0.2) is 66.7 Å². The second-order valence-corrected chi connectivity index (χ2v) is 10.5. The van der Waals surface area contributed by atoms with Crippen LogP contribution in [0.25, 0.3) is 11.1 Å². The number of likely N-dealkylation sites (tertiary alicyclic amines) is 1. The normalized spacial score (nSPS) is 17.0. The first-order chi connectivity index (χ1) is 17.4. The fourth-order valence-corrected chi connectivity index (χ4v) is 5.88. The van der Waals surface area contributed by atoms with E-state index in [0.717, 1.165) is 41.5 Å². The van der Waals surface area contributed by atoms with Crippen LogP contribution in [0.2, 0.25) is 5.02 Å². The predicted octanol–water partition coefficient (Wildman–Crippen LogP) is 8.33. The van der Waals surface area contributed by atoms with Crippen molar-refractivity contribution in [3.63, 3.8) is 0 Å². The van der Waals surface area contributed by atoms with Gasteiger partial charge in [-0.3, -0.25) is 4.39 Å². The van der Waals surface area contributed by atoms with E-state index in [1.54, 1.807) is 12.1 Å². The molecule has 0 N–H and O–H groups in total. The summed E-state index contributed by atoms with van der Waals surface area (Å²) in [7, 11) is 0. The standard InChI is InChI=1S/C31H31ClF3N/c1-21-18-26(32)14-15-27(21)29-9-4-7-22-6-2-3-8-28(22)30(29)23-10-12-24(13-11-23)31(34,35)25-19-36(20-25)17-5-16-33/h2-3,6,8,10-15,18,25H,4-5,7,9,16-17,19-20H2,1H3. The van der Waals surface area contributed by atoms with Crippen molar-refractivity contribution in [1.82, 2.24) is 4.90 Å². The number of aryl methyl sites for hydroxylation is 2. The molecule has 0 saturated carbocycles. The highest BCUT2D eigenvalue weighted by Crippen LogP contribution is 2.44. The van der Waals surface area contributed by atoms with Crippen molar-refractivity contribution in [3.05, 3.63) is 105 Å². The average molecular weight is 510 g/mol. The zero-order valence-corrected chi connectivity index (χ0v) is 21.3. The van der Waals surface area contributed by atoms with E-state index in [0.29, 0.717) is 31.1 Å². The Morgan fingerprint density at radius 1 is 0.944 bits per heavy atom. The maximum Gasteiger partial charge on any atom is 0.278 e. The first kappa shape index (κ1) is 25.1. The molecule has 3 aromatic rings. The molecule has 1 aliphatic carbocycles. The van der Waals surface area contributed by atoms with E-state index in [9.17, 15) is 4.39 Å². The largest absolute Gasteiger partial charge is 0.302 e. The SMILES string of the molecule is Cc1cc(Cl)ccc1C1=C(c2ccc(C(F)(F)C3CN(CCCF)C3)cc2)c2ccccc2CCC1. The van der Waals surface area contributed by atoms with Crippen molar-refractivity contribution in [3.8, 4) is 0 Å². The zero-order valence-electron chi connectivity index (χ0n) is 20.5. The number of benzene rings is 3. The molecule has 2 aliphatic rings. The van der Waals surface area contributed by atoms with Gasteiger partial charge in [-0.25, -0.2) is 8.78 Å². The Labute approximate surface area is 216 Å². The second kappa shape index (κ2) is 10.4.